The molecular weight excluding hydrogens is 748 g/mol. The zero-order chi connectivity index (χ0) is 41.8. The summed E-state index contributed by atoms with van der Waals surface area (Å²) in [5, 5.41) is 5.37. The van der Waals surface area contributed by atoms with Crippen LogP contribution in [0.2, 0.25) is 0 Å². The van der Waals surface area contributed by atoms with Crippen molar-refractivity contribution in [2.75, 3.05) is 49.7 Å². The number of pyridine rings is 1. The first-order valence-electron chi connectivity index (χ1n) is 21.0. The molecule has 3 fully saturated rings. The zero-order valence-corrected chi connectivity index (χ0v) is 35.0. The number of imide groups is 1. The fourth-order valence-corrected chi connectivity index (χ4v) is 9.18. The minimum Gasteiger partial charge on any atom is -0.381 e. The van der Waals surface area contributed by atoms with E-state index in [0.29, 0.717) is 55.0 Å². The van der Waals surface area contributed by atoms with E-state index in [9.17, 15) is 19.2 Å². The number of hydrogen-bond acceptors (Lipinski definition) is 8. The molecule has 11 nitrogen and oxygen atoms in total. The Morgan fingerprint density at radius 3 is 2.29 bits per heavy atom. The van der Waals surface area contributed by atoms with Gasteiger partial charge in [0.2, 0.25) is 11.8 Å². The Morgan fingerprint density at radius 2 is 1.63 bits per heavy atom. The summed E-state index contributed by atoms with van der Waals surface area (Å²) < 4.78 is 20.9. The molecule has 3 amide bonds. The topological polar surface area (TPSA) is 127 Å². The number of aromatic nitrogens is 1. The number of nitrogens with one attached hydrogen (secondary N) is 3. The molecule has 0 saturated carbocycles. The maximum Gasteiger partial charge on any atom is 0.253 e. The van der Waals surface area contributed by atoms with Crippen LogP contribution in [-0.2, 0) is 27.4 Å². The summed E-state index contributed by atoms with van der Waals surface area (Å²) in [6.45, 7) is 12.6. The van der Waals surface area contributed by atoms with Gasteiger partial charge in [0.05, 0.1) is 5.92 Å². The third kappa shape index (κ3) is 9.44. The molecule has 7 rings (SSSR count). The van der Waals surface area contributed by atoms with Gasteiger partial charge in [-0.05, 0) is 131 Å². The second kappa shape index (κ2) is 18.3. The molecule has 3 aliphatic heterocycles. The number of nitrogens with zero attached hydrogens (tertiary/aromatic N) is 3. The lowest BCUT2D eigenvalue weighted by molar-refractivity contribution is -0.134. The fourth-order valence-electron chi connectivity index (χ4n) is 9.18. The Kier molecular flexibility index (Phi) is 13.0. The Labute approximate surface area is 346 Å². The van der Waals surface area contributed by atoms with Crippen molar-refractivity contribution < 1.29 is 23.5 Å². The molecular formula is C47H57FN6O5. The van der Waals surface area contributed by atoms with Crippen LogP contribution in [-0.4, -0.2) is 79.6 Å². The van der Waals surface area contributed by atoms with Crippen LogP contribution in [0.3, 0.4) is 0 Å². The second-order valence-corrected chi connectivity index (χ2v) is 16.5. The number of piperidine rings is 2. The molecule has 4 heterocycles. The molecule has 0 radical (unpaired) electrons. The predicted octanol–water partition coefficient (Wildman–Crippen LogP) is 6.66. The number of carbonyl (C=O) groups excluding carboxylic acids is 3. The highest BCUT2D eigenvalue weighted by atomic mass is 19.1. The van der Waals surface area contributed by atoms with Crippen molar-refractivity contribution in [2.24, 2.45) is 0 Å². The molecule has 0 spiro atoms. The molecule has 59 heavy (non-hydrogen) atoms. The van der Waals surface area contributed by atoms with E-state index in [1.807, 2.05) is 39.0 Å². The number of rotatable bonds is 12. The number of hydrogen-bond donors (Lipinski definition) is 3. The maximum absolute atomic E-state index is 15.2. The van der Waals surface area contributed by atoms with Crippen LogP contribution < -0.4 is 26.0 Å². The van der Waals surface area contributed by atoms with Crippen molar-refractivity contribution in [3.63, 3.8) is 0 Å². The number of aryl methyl sites for hydroxylation is 2. The molecule has 12 heteroatoms. The van der Waals surface area contributed by atoms with E-state index >= 15 is 4.39 Å². The van der Waals surface area contributed by atoms with Gasteiger partial charge in [-0.2, -0.15) is 0 Å². The fraction of sp³-hybridized carbons (Fsp3) is 0.447. The number of ether oxygens (including phenoxy) is 1. The monoisotopic (exact) mass is 804 g/mol. The quantitative estimate of drug-likeness (QED) is 0.136. The van der Waals surface area contributed by atoms with Crippen molar-refractivity contribution >= 4 is 29.1 Å². The Balaban J connectivity index is 1.04. The van der Waals surface area contributed by atoms with Crippen LogP contribution >= 0.6 is 0 Å². The average Bonchev–Trinajstić information content (AvgIpc) is 3.22. The number of halogens is 1. The van der Waals surface area contributed by atoms with E-state index in [1.165, 1.54) is 6.07 Å². The lowest BCUT2D eigenvalue weighted by Crippen LogP contribution is -2.43. The summed E-state index contributed by atoms with van der Waals surface area (Å²) in [5.41, 5.74) is 8.85. The van der Waals surface area contributed by atoms with E-state index < -0.39 is 17.6 Å². The molecule has 3 aliphatic rings. The summed E-state index contributed by atoms with van der Waals surface area (Å²) in [5.74, 6) is -2.00. The van der Waals surface area contributed by atoms with E-state index in [2.05, 4.69) is 74.6 Å². The van der Waals surface area contributed by atoms with Gasteiger partial charge >= 0.3 is 0 Å². The van der Waals surface area contributed by atoms with Gasteiger partial charge in [0.25, 0.3) is 11.5 Å². The highest BCUT2D eigenvalue weighted by Crippen LogP contribution is 2.35. The molecule has 0 bridgehead atoms. The number of carbonyl (C=O) groups is 3. The number of amides is 3. The maximum atomic E-state index is 15.2. The summed E-state index contributed by atoms with van der Waals surface area (Å²) >= 11 is 0. The minimum atomic E-state index is -0.641. The van der Waals surface area contributed by atoms with Crippen LogP contribution in [0.5, 0.6) is 0 Å². The van der Waals surface area contributed by atoms with Crippen LogP contribution in [0.15, 0.2) is 65.5 Å². The number of benzene rings is 3. The highest BCUT2D eigenvalue weighted by molar-refractivity contribution is 6.01. The molecule has 1 aromatic heterocycles. The van der Waals surface area contributed by atoms with Crippen molar-refractivity contribution in [3.8, 4) is 11.1 Å². The van der Waals surface area contributed by atoms with Crippen LogP contribution in [0, 0.1) is 26.6 Å². The molecule has 3 N–H and O–H groups in total. The standard InChI is InChI=1S/C47H57FN6O5/c1-6-54(37-17-21-59-22-18-37)43-26-34(25-40(31(43)4)45(56)49-27-41-29(2)23-30(3)50-47(41)58)33-8-10-36(11-9-33)53-19-15-35(16-20-53)52(5)28-32-7-12-38(42(48)24-32)39-13-14-44(55)51-46(39)57/h7-12,23-26,35,37,39H,6,13-22,27-28H2,1-5H3,(H,49,56)(H,50,58)(H,51,55,57). The van der Waals surface area contributed by atoms with Gasteiger partial charge in [0.15, 0.2) is 0 Å². The first-order chi connectivity index (χ1) is 28.4. The molecule has 1 unspecified atom stereocenters. The summed E-state index contributed by atoms with van der Waals surface area (Å²) in [6.07, 6.45) is 4.31. The molecule has 312 valence electrons. The Hall–Kier alpha value is -5.33. The summed E-state index contributed by atoms with van der Waals surface area (Å²) in [7, 11) is 2.08. The summed E-state index contributed by atoms with van der Waals surface area (Å²) in [4.78, 5) is 60.6. The van der Waals surface area contributed by atoms with E-state index in [4.69, 9.17) is 4.74 Å². The van der Waals surface area contributed by atoms with Gasteiger partial charge in [0.1, 0.15) is 5.82 Å². The molecule has 1 atom stereocenters. The molecule has 0 aliphatic carbocycles. The first-order valence-corrected chi connectivity index (χ1v) is 21.0. The molecule has 3 saturated heterocycles. The van der Waals surface area contributed by atoms with Crippen molar-refractivity contribution in [1.29, 1.82) is 0 Å². The first kappa shape index (κ1) is 41.8. The zero-order valence-electron chi connectivity index (χ0n) is 35.0. The third-order valence-electron chi connectivity index (χ3n) is 12.6. The van der Waals surface area contributed by atoms with Crippen LogP contribution in [0.25, 0.3) is 11.1 Å². The normalized spacial score (nSPS) is 17.9. The number of aromatic amines is 1. The summed E-state index contributed by atoms with van der Waals surface area (Å²) in [6, 6.07) is 20.5. The Bertz CT molecular complexity index is 2240. The SMILES string of the molecule is CCN(c1cc(-c2ccc(N3CCC(N(C)Cc4ccc(C5CCC(=O)NC5=O)c(F)c4)CC3)cc2)cc(C(=O)NCc2c(C)cc(C)[nH]c2=O)c1C)C1CCOCC1. The van der Waals surface area contributed by atoms with Crippen LogP contribution in [0.4, 0.5) is 15.8 Å². The lowest BCUT2D eigenvalue weighted by atomic mass is 9.89. The van der Waals surface area contributed by atoms with Gasteiger partial charge in [-0.15, -0.1) is 0 Å². The Morgan fingerprint density at radius 1 is 0.898 bits per heavy atom. The van der Waals surface area contributed by atoms with Crippen LogP contribution in [0.1, 0.15) is 95.2 Å². The third-order valence-corrected chi connectivity index (χ3v) is 12.6. The van der Waals surface area contributed by atoms with Gasteiger partial charge in [-0.1, -0.05) is 24.3 Å². The van der Waals surface area contributed by atoms with E-state index in [-0.39, 0.29) is 30.3 Å². The largest absolute Gasteiger partial charge is 0.381 e. The van der Waals surface area contributed by atoms with Gasteiger partial charge in [0, 0.05) is 98.2 Å². The lowest BCUT2D eigenvalue weighted by Gasteiger charge is -2.38. The van der Waals surface area contributed by atoms with Crippen molar-refractivity contribution in [2.45, 2.75) is 97.3 Å². The van der Waals surface area contributed by atoms with Crippen molar-refractivity contribution in [1.82, 2.24) is 20.5 Å². The number of H-pyrrole nitrogens is 1. The molecule has 3 aromatic carbocycles. The predicted molar refractivity (Wildman–Crippen MR) is 229 cm³/mol. The molecule has 4 aromatic rings. The van der Waals surface area contributed by atoms with Gasteiger partial charge < -0.3 is 24.8 Å². The average molecular weight is 805 g/mol. The minimum absolute atomic E-state index is 0.135. The number of anilines is 2. The smallest absolute Gasteiger partial charge is 0.253 e. The van der Waals surface area contributed by atoms with Gasteiger partial charge in [-0.25, -0.2) is 4.39 Å². The highest BCUT2D eigenvalue weighted by Gasteiger charge is 2.31. The van der Waals surface area contributed by atoms with E-state index in [1.54, 1.807) is 6.07 Å². The second-order valence-electron chi connectivity index (χ2n) is 16.5. The van der Waals surface area contributed by atoms with Crippen molar-refractivity contribution in [3.05, 3.63) is 116 Å². The van der Waals surface area contributed by atoms with Gasteiger partial charge in [-0.3, -0.25) is 29.4 Å². The van der Waals surface area contributed by atoms with E-state index in [0.717, 1.165) is 90.2 Å².